The number of rotatable bonds is 4. The van der Waals surface area contributed by atoms with Gasteiger partial charge in [0.05, 0.1) is 16.8 Å². The molecule has 1 atom stereocenters. The Morgan fingerprint density at radius 3 is 1.82 bits per heavy atom. The van der Waals surface area contributed by atoms with Gasteiger partial charge in [0.2, 0.25) is 0 Å². The Hall–Kier alpha value is -6.95. The first kappa shape index (κ1) is 32.5. The van der Waals surface area contributed by atoms with E-state index in [9.17, 15) is 0 Å². The Labute approximate surface area is 329 Å². The maximum Gasteiger partial charge on any atom is 0.160 e. The summed E-state index contributed by atoms with van der Waals surface area (Å²) in [5, 5.41) is 2.51. The Bertz CT molecular complexity index is 3000. The second-order valence-corrected chi connectivity index (χ2v) is 15.3. The van der Waals surface area contributed by atoms with Crippen LogP contribution in [0.15, 0.2) is 192 Å². The Morgan fingerprint density at radius 2 is 1.04 bits per heavy atom. The third-order valence-corrected chi connectivity index (χ3v) is 12.3. The molecule has 262 valence electrons. The summed E-state index contributed by atoms with van der Waals surface area (Å²) in [4.78, 5) is 22.4. The highest BCUT2D eigenvalue weighted by Crippen LogP contribution is 2.59. The highest BCUT2D eigenvalue weighted by atomic mass is 32.2. The fourth-order valence-corrected chi connectivity index (χ4v) is 9.82. The summed E-state index contributed by atoms with van der Waals surface area (Å²) in [6.07, 6.45) is 8.29. The Balaban J connectivity index is 1.17. The van der Waals surface area contributed by atoms with Gasteiger partial charge in [0, 0.05) is 44.4 Å². The molecule has 9 aromatic rings. The molecule has 3 heterocycles. The van der Waals surface area contributed by atoms with Gasteiger partial charge in [-0.25, -0.2) is 19.9 Å². The van der Waals surface area contributed by atoms with Gasteiger partial charge in [-0.15, -0.1) is 0 Å². The van der Waals surface area contributed by atoms with E-state index in [1.165, 1.54) is 53.9 Å². The van der Waals surface area contributed by atoms with Crippen LogP contribution in [0.3, 0.4) is 0 Å². The van der Waals surface area contributed by atoms with Gasteiger partial charge >= 0.3 is 0 Å². The number of nitrogens with zero attached hydrogens (tertiary/aromatic N) is 4. The van der Waals surface area contributed by atoms with E-state index in [0.717, 1.165) is 33.6 Å². The van der Waals surface area contributed by atoms with Crippen LogP contribution in [0, 0.1) is 0 Å². The predicted octanol–water partition coefficient (Wildman–Crippen LogP) is 12.4. The van der Waals surface area contributed by atoms with Crippen LogP contribution < -0.4 is 0 Å². The van der Waals surface area contributed by atoms with E-state index in [4.69, 9.17) is 19.9 Å². The van der Waals surface area contributed by atoms with Crippen molar-refractivity contribution < 1.29 is 0 Å². The quantitative estimate of drug-likeness (QED) is 0.180. The smallest absolute Gasteiger partial charge is 0.160 e. The Kier molecular flexibility index (Phi) is 7.61. The molecule has 0 amide bonds. The number of hydrogen-bond acceptors (Lipinski definition) is 5. The summed E-state index contributed by atoms with van der Waals surface area (Å²) < 4.78 is 0. The largest absolute Gasteiger partial charge is 0.236 e. The molecular formula is C51H32N4S. The maximum atomic E-state index is 5.27. The van der Waals surface area contributed by atoms with Gasteiger partial charge in [-0.3, -0.25) is 0 Å². The van der Waals surface area contributed by atoms with Gasteiger partial charge < -0.3 is 0 Å². The van der Waals surface area contributed by atoms with Crippen molar-refractivity contribution >= 4 is 34.7 Å². The average Bonchev–Trinajstić information content (AvgIpc) is 3.42. The molecular weight excluding hydrogens is 701 g/mol. The molecule has 56 heavy (non-hydrogen) atoms. The fraction of sp³-hybridized carbons (Fsp3) is 0.0196. The zero-order valence-electron chi connectivity index (χ0n) is 30.2. The monoisotopic (exact) mass is 732 g/mol. The fourth-order valence-electron chi connectivity index (χ4n) is 8.50. The molecule has 4 nitrogen and oxygen atoms in total. The van der Waals surface area contributed by atoms with Crippen molar-refractivity contribution in [1.82, 2.24) is 19.9 Å². The van der Waals surface area contributed by atoms with E-state index < -0.39 is 5.41 Å². The van der Waals surface area contributed by atoms with Crippen LogP contribution >= 0.6 is 11.8 Å². The minimum absolute atomic E-state index is 0.605. The summed E-state index contributed by atoms with van der Waals surface area (Å²) in [7, 11) is 0. The van der Waals surface area contributed by atoms with E-state index in [1.54, 1.807) is 0 Å². The first-order valence-corrected chi connectivity index (χ1v) is 19.6. The molecule has 0 saturated heterocycles. The molecule has 1 spiro atoms. The first-order chi connectivity index (χ1) is 27.7. The average molecular weight is 733 g/mol. The van der Waals surface area contributed by atoms with Crippen LogP contribution in [0.5, 0.6) is 0 Å². The first-order valence-electron chi connectivity index (χ1n) is 18.8. The van der Waals surface area contributed by atoms with E-state index in [0.29, 0.717) is 11.6 Å². The third kappa shape index (κ3) is 5.16. The molecule has 0 fully saturated rings. The number of benzene rings is 7. The van der Waals surface area contributed by atoms with Gasteiger partial charge in [-0.05, 0) is 62.4 Å². The predicted molar refractivity (Wildman–Crippen MR) is 228 cm³/mol. The van der Waals surface area contributed by atoms with Gasteiger partial charge in [0.15, 0.2) is 11.6 Å². The highest BCUT2D eigenvalue weighted by Gasteiger charge is 2.47. The summed E-state index contributed by atoms with van der Waals surface area (Å²) in [6, 6.07) is 60.4. The highest BCUT2D eigenvalue weighted by molar-refractivity contribution is 7.99. The van der Waals surface area contributed by atoms with Crippen molar-refractivity contribution in [1.29, 1.82) is 0 Å². The maximum absolute atomic E-state index is 5.27. The van der Waals surface area contributed by atoms with Gasteiger partial charge in [0.25, 0.3) is 0 Å². The lowest BCUT2D eigenvalue weighted by Gasteiger charge is -2.43. The molecule has 1 aliphatic carbocycles. The van der Waals surface area contributed by atoms with Crippen LogP contribution in [0.2, 0.25) is 0 Å². The van der Waals surface area contributed by atoms with Crippen LogP contribution in [0.25, 0.3) is 68.2 Å². The second-order valence-electron chi connectivity index (χ2n) is 14.2. The van der Waals surface area contributed by atoms with Crippen LogP contribution in [0.1, 0.15) is 33.4 Å². The minimum Gasteiger partial charge on any atom is -0.236 e. The van der Waals surface area contributed by atoms with Crippen molar-refractivity contribution in [2.24, 2.45) is 0 Å². The third-order valence-electron chi connectivity index (χ3n) is 11.1. The number of fused-ring (bicyclic) bond motifs is 10. The van der Waals surface area contributed by atoms with Crippen LogP contribution in [-0.2, 0) is 5.41 Å². The second kappa shape index (κ2) is 13.1. The molecule has 1 unspecified atom stereocenters. The molecule has 7 aromatic carbocycles. The molecule has 0 N–H and O–H groups in total. The standard InChI is InChI=1S/C51H32N4S/c1-3-15-36(16-4-1)49-52-31-39(32-53-49)46-30-45(54-50(55-46)37-17-5-2-6-18-37)38-26-25-35-24-23-34-14-8-10-20-41(34)51(44(35)29-38)42-21-11-12-22-47(42)56-48-40-19-9-7-13-33(40)27-28-43(48)51/h1-32H. The zero-order valence-corrected chi connectivity index (χ0v) is 31.0. The van der Waals surface area contributed by atoms with Crippen molar-refractivity contribution in [2.75, 3.05) is 0 Å². The lowest BCUT2D eigenvalue weighted by molar-refractivity contribution is 0.704. The van der Waals surface area contributed by atoms with Gasteiger partial charge in [0.1, 0.15) is 0 Å². The molecule has 1 aliphatic heterocycles. The van der Waals surface area contributed by atoms with Crippen molar-refractivity contribution in [3.8, 4) is 45.3 Å². The molecule has 0 saturated carbocycles. The van der Waals surface area contributed by atoms with Crippen LogP contribution in [0.4, 0.5) is 0 Å². The topological polar surface area (TPSA) is 51.6 Å². The summed E-state index contributed by atoms with van der Waals surface area (Å²) in [6.45, 7) is 0. The lowest BCUT2D eigenvalue weighted by atomic mass is 9.63. The zero-order chi connectivity index (χ0) is 37.1. The number of aromatic nitrogens is 4. The van der Waals surface area contributed by atoms with E-state index >= 15 is 0 Å². The molecule has 5 heteroatoms. The van der Waals surface area contributed by atoms with E-state index in [1.807, 2.05) is 72.7 Å². The van der Waals surface area contributed by atoms with Crippen LogP contribution in [-0.4, -0.2) is 19.9 Å². The van der Waals surface area contributed by atoms with Crippen molar-refractivity contribution in [2.45, 2.75) is 15.2 Å². The Morgan fingerprint density at radius 1 is 0.411 bits per heavy atom. The lowest BCUT2D eigenvalue weighted by Crippen LogP contribution is -2.35. The van der Waals surface area contributed by atoms with Crippen molar-refractivity contribution in [3.63, 3.8) is 0 Å². The molecule has 0 bridgehead atoms. The van der Waals surface area contributed by atoms with Crippen molar-refractivity contribution in [3.05, 3.63) is 216 Å². The number of hydrogen-bond donors (Lipinski definition) is 0. The SMILES string of the molecule is C1=Cc2ccc(-c3cc(-c4cnc(-c5ccccc5)nc4)nc(-c4ccccc4)n3)cc2C2(c3ccccc31)c1ccccc1Sc1c2ccc2ccccc12. The summed E-state index contributed by atoms with van der Waals surface area (Å²) in [5.74, 6) is 1.33. The summed E-state index contributed by atoms with van der Waals surface area (Å²) in [5.41, 5.74) is 12.2. The van der Waals surface area contributed by atoms with Gasteiger partial charge in [-0.2, -0.15) is 0 Å². The normalized spacial score (nSPS) is 15.1. The molecule has 2 aliphatic rings. The van der Waals surface area contributed by atoms with Gasteiger partial charge in [-0.1, -0.05) is 176 Å². The molecule has 0 radical (unpaired) electrons. The molecule has 11 rings (SSSR count). The molecule has 2 aromatic heterocycles. The minimum atomic E-state index is -0.605. The van der Waals surface area contributed by atoms with E-state index in [2.05, 4.69) is 133 Å². The van der Waals surface area contributed by atoms with E-state index in [-0.39, 0.29) is 0 Å². The summed E-state index contributed by atoms with van der Waals surface area (Å²) >= 11 is 1.88.